The summed E-state index contributed by atoms with van der Waals surface area (Å²) in [4.78, 5) is 10.9. The smallest absolute Gasteiger partial charge is 0.307 e. The fraction of sp³-hybridized carbons (Fsp3) is 0.417. The van der Waals surface area contributed by atoms with Crippen LogP contribution in [-0.4, -0.2) is 25.3 Å². The molecule has 1 saturated carbocycles. The number of benzene rings is 1. The molecule has 2 rings (SSSR count). The highest BCUT2D eigenvalue weighted by Crippen LogP contribution is 2.52. The quantitative estimate of drug-likeness (QED) is 0.900. The zero-order valence-electron chi connectivity index (χ0n) is 9.57. The van der Waals surface area contributed by atoms with E-state index in [0.29, 0.717) is 22.9 Å². The summed E-state index contributed by atoms with van der Waals surface area (Å²) in [6.45, 7) is 0. The number of halogens is 1. The van der Waals surface area contributed by atoms with Gasteiger partial charge in [-0.2, -0.15) is 0 Å². The Hall–Kier alpha value is -1.42. The van der Waals surface area contributed by atoms with Crippen molar-refractivity contribution in [3.05, 3.63) is 22.7 Å². The summed E-state index contributed by atoms with van der Waals surface area (Å²) < 4.78 is 10.3. The van der Waals surface area contributed by atoms with Gasteiger partial charge in [-0.3, -0.25) is 4.79 Å². The van der Waals surface area contributed by atoms with Crippen LogP contribution >= 0.6 is 11.6 Å². The number of carboxylic acids is 1. The Balaban J connectivity index is 2.36. The summed E-state index contributed by atoms with van der Waals surface area (Å²) in [7, 11) is 3.07. The Morgan fingerprint density at radius 2 is 2.00 bits per heavy atom. The third kappa shape index (κ3) is 2.17. The molecule has 92 valence electrons. The third-order valence-electron chi connectivity index (χ3n) is 3.01. The van der Waals surface area contributed by atoms with Gasteiger partial charge in [0.25, 0.3) is 0 Å². The van der Waals surface area contributed by atoms with E-state index in [2.05, 4.69) is 0 Å². The highest BCUT2D eigenvalue weighted by Gasteiger charge is 2.45. The zero-order chi connectivity index (χ0) is 12.6. The van der Waals surface area contributed by atoms with Crippen LogP contribution in [0.15, 0.2) is 12.1 Å². The standard InChI is InChI=1S/C12H13ClO4/c1-16-10-5-9(13)11(17-2)4-7(10)6-3-8(6)12(14)15/h4-6,8H,3H2,1-2H3,(H,14,15). The molecule has 1 aliphatic carbocycles. The maximum Gasteiger partial charge on any atom is 0.307 e. The topological polar surface area (TPSA) is 55.8 Å². The van der Waals surface area contributed by atoms with Gasteiger partial charge >= 0.3 is 5.97 Å². The lowest BCUT2D eigenvalue weighted by Crippen LogP contribution is -2.00. The summed E-state index contributed by atoms with van der Waals surface area (Å²) in [6, 6.07) is 3.42. The van der Waals surface area contributed by atoms with E-state index in [9.17, 15) is 4.79 Å². The van der Waals surface area contributed by atoms with Gasteiger partial charge in [-0.1, -0.05) is 11.6 Å². The number of carboxylic acid groups (broad SMARTS) is 1. The molecule has 0 aliphatic heterocycles. The highest BCUT2D eigenvalue weighted by molar-refractivity contribution is 6.32. The summed E-state index contributed by atoms with van der Waals surface area (Å²) in [6.07, 6.45) is 0.635. The minimum Gasteiger partial charge on any atom is -0.496 e. The van der Waals surface area contributed by atoms with Crippen molar-refractivity contribution in [3.63, 3.8) is 0 Å². The van der Waals surface area contributed by atoms with E-state index in [1.807, 2.05) is 0 Å². The molecule has 2 atom stereocenters. The molecule has 0 heterocycles. The molecular formula is C12H13ClO4. The summed E-state index contributed by atoms with van der Waals surface area (Å²) in [5.74, 6) is 0.0532. The average Bonchev–Trinajstić information content (AvgIpc) is 3.08. The van der Waals surface area contributed by atoms with Crippen LogP contribution in [0.2, 0.25) is 5.02 Å². The van der Waals surface area contributed by atoms with Crippen LogP contribution in [0.1, 0.15) is 17.9 Å². The van der Waals surface area contributed by atoms with Crippen molar-refractivity contribution < 1.29 is 19.4 Å². The van der Waals surface area contributed by atoms with E-state index in [1.54, 1.807) is 19.2 Å². The van der Waals surface area contributed by atoms with Crippen molar-refractivity contribution in [1.82, 2.24) is 0 Å². The number of hydrogen-bond acceptors (Lipinski definition) is 3. The molecule has 1 fully saturated rings. The van der Waals surface area contributed by atoms with E-state index in [4.69, 9.17) is 26.2 Å². The van der Waals surface area contributed by atoms with E-state index in [0.717, 1.165) is 5.56 Å². The second-order valence-corrected chi connectivity index (χ2v) is 4.42. The molecule has 0 bridgehead atoms. The molecule has 0 spiro atoms. The molecule has 2 unspecified atom stereocenters. The van der Waals surface area contributed by atoms with Crippen LogP contribution in [0.5, 0.6) is 11.5 Å². The molecule has 0 aromatic heterocycles. The van der Waals surface area contributed by atoms with Gasteiger partial charge in [-0.25, -0.2) is 0 Å². The van der Waals surface area contributed by atoms with Gasteiger partial charge in [-0.15, -0.1) is 0 Å². The number of ether oxygens (including phenoxy) is 2. The highest BCUT2D eigenvalue weighted by atomic mass is 35.5. The summed E-state index contributed by atoms with van der Waals surface area (Å²) in [5.41, 5.74) is 0.848. The molecule has 1 N–H and O–H groups in total. The molecule has 0 amide bonds. The summed E-state index contributed by atoms with van der Waals surface area (Å²) in [5, 5.41) is 9.39. The first-order chi connectivity index (χ1) is 8.08. The minimum absolute atomic E-state index is 0.00591. The molecule has 4 nitrogen and oxygen atoms in total. The minimum atomic E-state index is -0.772. The van der Waals surface area contributed by atoms with Gasteiger partial charge in [0, 0.05) is 17.5 Å². The Labute approximate surface area is 104 Å². The van der Waals surface area contributed by atoms with Gasteiger partial charge < -0.3 is 14.6 Å². The maximum absolute atomic E-state index is 10.9. The van der Waals surface area contributed by atoms with Crippen LogP contribution in [0, 0.1) is 5.92 Å². The van der Waals surface area contributed by atoms with Crippen LogP contribution < -0.4 is 9.47 Å². The number of methoxy groups -OCH3 is 2. The molecule has 0 saturated heterocycles. The average molecular weight is 257 g/mol. The van der Waals surface area contributed by atoms with E-state index in [-0.39, 0.29) is 11.8 Å². The first-order valence-electron chi connectivity index (χ1n) is 5.22. The Bertz CT molecular complexity index is 458. The fourth-order valence-electron chi connectivity index (χ4n) is 1.99. The third-order valence-corrected chi connectivity index (χ3v) is 3.31. The molecule has 17 heavy (non-hydrogen) atoms. The first kappa shape index (κ1) is 12.0. The fourth-order valence-corrected chi connectivity index (χ4v) is 2.22. The van der Waals surface area contributed by atoms with E-state index in [1.165, 1.54) is 7.11 Å². The van der Waals surface area contributed by atoms with Crippen LogP contribution in [0.25, 0.3) is 0 Å². The van der Waals surface area contributed by atoms with Crippen molar-refractivity contribution in [1.29, 1.82) is 0 Å². The number of carbonyl (C=O) groups is 1. The predicted molar refractivity (Wildman–Crippen MR) is 63.0 cm³/mol. The van der Waals surface area contributed by atoms with Crippen molar-refractivity contribution in [2.24, 2.45) is 5.92 Å². The van der Waals surface area contributed by atoms with E-state index >= 15 is 0 Å². The van der Waals surface area contributed by atoms with E-state index < -0.39 is 5.97 Å². The van der Waals surface area contributed by atoms with Crippen molar-refractivity contribution in [3.8, 4) is 11.5 Å². The lowest BCUT2D eigenvalue weighted by molar-refractivity contribution is -0.138. The molecule has 1 aromatic rings. The lowest BCUT2D eigenvalue weighted by Gasteiger charge is -2.11. The Morgan fingerprint density at radius 1 is 1.35 bits per heavy atom. The van der Waals surface area contributed by atoms with Gasteiger partial charge in [0.1, 0.15) is 11.5 Å². The van der Waals surface area contributed by atoms with Crippen LogP contribution in [-0.2, 0) is 4.79 Å². The second-order valence-electron chi connectivity index (χ2n) is 4.02. The number of aliphatic carboxylic acids is 1. The molecule has 5 heteroatoms. The summed E-state index contributed by atoms with van der Waals surface area (Å²) >= 11 is 5.98. The van der Waals surface area contributed by atoms with Gasteiger partial charge in [0.15, 0.2) is 0 Å². The monoisotopic (exact) mass is 256 g/mol. The second kappa shape index (κ2) is 4.45. The van der Waals surface area contributed by atoms with Crippen LogP contribution in [0.3, 0.4) is 0 Å². The number of hydrogen-bond donors (Lipinski definition) is 1. The predicted octanol–water partition coefficient (Wildman–Crippen LogP) is 2.55. The maximum atomic E-state index is 10.9. The lowest BCUT2D eigenvalue weighted by atomic mass is 10.1. The van der Waals surface area contributed by atoms with Crippen molar-refractivity contribution >= 4 is 17.6 Å². The van der Waals surface area contributed by atoms with Crippen molar-refractivity contribution in [2.45, 2.75) is 12.3 Å². The number of rotatable bonds is 4. The Morgan fingerprint density at radius 3 is 2.47 bits per heavy atom. The molecule has 0 radical (unpaired) electrons. The normalized spacial score (nSPS) is 22.1. The SMILES string of the molecule is COc1cc(C2CC2C(=O)O)c(OC)cc1Cl. The Kier molecular flexibility index (Phi) is 3.15. The molecular weight excluding hydrogens is 244 g/mol. The molecule has 1 aromatic carbocycles. The van der Waals surface area contributed by atoms with Gasteiger partial charge in [0.05, 0.1) is 25.2 Å². The molecule has 1 aliphatic rings. The van der Waals surface area contributed by atoms with Crippen LogP contribution in [0.4, 0.5) is 0 Å². The largest absolute Gasteiger partial charge is 0.496 e. The zero-order valence-corrected chi connectivity index (χ0v) is 10.3. The van der Waals surface area contributed by atoms with Gasteiger partial charge in [0.2, 0.25) is 0 Å². The first-order valence-corrected chi connectivity index (χ1v) is 5.60. The van der Waals surface area contributed by atoms with Gasteiger partial charge in [-0.05, 0) is 12.5 Å². The van der Waals surface area contributed by atoms with Crippen molar-refractivity contribution in [2.75, 3.05) is 14.2 Å².